The van der Waals surface area contributed by atoms with Gasteiger partial charge in [0, 0.05) is 41.8 Å². The van der Waals surface area contributed by atoms with Crippen LogP contribution in [0.15, 0.2) is 54.9 Å². The maximum atomic E-state index is 10.8. The SMILES string of the molecule is CC(C)[C@@H](CO)Nc1nc(Nc2ccc([N+](=O)[O-])cc2)cc(-c2ccncc2)n1. The maximum Gasteiger partial charge on any atom is 0.269 e. The summed E-state index contributed by atoms with van der Waals surface area (Å²) in [6.07, 6.45) is 3.36. The summed E-state index contributed by atoms with van der Waals surface area (Å²) in [6.45, 7) is 3.94. The van der Waals surface area contributed by atoms with Crippen molar-refractivity contribution in [1.29, 1.82) is 0 Å². The van der Waals surface area contributed by atoms with Crippen LogP contribution < -0.4 is 10.6 Å². The molecular formula is C20H22N6O3. The number of hydrogen-bond acceptors (Lipinski definition) is 8. The van der Waals surface area contributed by atoms with Gasteiger partial charge in [-0.2, -0.15) is 4.98 Å². The van der Waals surface area contributed by atoms with Gasteiger partial charge < -0.3 is 15.7 Å². The van der Waals surface area contributed by atoms with Gasteiger partial charge in [-0.25, -0.2) is 4.98 Å². The first-order valence-corrected chi connectivity index (χ1v) is 9.14. The zero-order valence-corrected chi connectivity index (χ0v) is 16.1. The minimum absolute atomic E-state index is 0.0146. The van der Waals surface area contributed by atoms with Crippen molar-refractivity contribution in [1.82, 2.24) is 15.0 Å². The van der Waals surface area contributed by atoms with Gasteiger partial charge in [-0.15, -0.1) is 0 Å². The molecule has 1 atom stereocenters. The molecule has 3 aromatic rings. The second-order valence-electron chi connectivity index (χ2n) is 6.80. The number of hydrogen-bond donors (Lipinski definition) is 3. The van der Waals surface area contributed by atoms with Gasteiger partial charge in [0.15, 0.2) is 0 Å². The number of anilines is 3. The highest BCUT2D eigenvalue weighted by molar-refractivity contribution is 5.67. The number of aliphatic hydroxyl groups is 1. The third-order valence-corrected chi connectivity index (χ3v) is 4.37. The van der Waals surface area contributed by atoms with E-state index in [-0.39, 0.29) is 24.3 Å². The van der Waals surface area contributed by atoms with E-state index in [9.17, 15) is 15.2 Å². The number of pyridine rings is 1. The predicted molar refractivity (Wildman–Crippen MR) is 111 cm³/mol. The average molecular weight is 394 g/mol. The summed E-state index contributed by atoms with van der Waals surface area (Å²) in [7, 11) is 0. The molecule has 29 heavy (non-hydrogen) atoms. The van der Waals surface area contributed by atoms with Crippen LogP contribution in [0.5, 0.6) is 0 Å². The van der Waals surface area contributed by atoms with E-state index >= 15 is 0 Å². The Morgan fingerprint density at radius 2 is 1.79 bits per heavy atom. The molecule has 9 heteroatoms. The Kier molecular flexibility index (Phi) is 6.30. The molecule has 0 aliphatic rings. The molecule has 0 amide bonds. The Morgan fingerprint density at radius 1 is 1.10 bits per heavy atom. The fourth-order valence-electron chi connectivity index (χ4n) is 2.65. The van der Waals surface area contributed by atoms with Gasteiger partial charge in [0.1, 0.15) is 5.82 Å². The molecule has 0 spiro atoms. The lowest BCUT2D eigenvalue weighted by molar-refractivity contribution is -0.384. The highest BCUT2D eigenvalue weighted by Crippen LogP contribution is 2.25. The third-order valence-electron chi connectivity index (χ3n) is 4.37. The number of aromatic nitrogens is 3. The molecule has 1 aromatic carbocycles. The van der Waals surface area contributed by atoms with Crippen molar-refractivity contribution in [2.24, 2.45) is 5.92 Å². The summed E-state index contributed by atoms with van der Waals surface area (Å²) in [5, 5.41) is 26.8. The van der Waals surface area contributed by atoms with Crippen LogP contribution in [0, 0.1) is 16.0 Å². The highest BCUT2D eigenvalue weighted by Gasteiger charge is 2.15. The summed E-state index contributed by atoms with van der Waals surface area (Å²) in [5.74, 6) is 1.07. The second kappa shape index (κ2) is 9.07. The predicted octanol–water partition coefficient (Wildman–Crippen LogP) is 3.62. The van der Waals surface area contributed by atoms with Crippen molar-refractivity contribution >= 4 is 23.1 Å². The number of rotatable bonds is 8. The lowest BCUT2D eigenvalue weighted by atomic mass is 10.1. The van der Waals surface area contributed by atoms with Gasteiger partial charge in [0.05, 0.1) is 23.3 Å². The number of nitro benzene ring substituents is 1. The van der Waals surface area contributed by atoms with Crippen molar-refractivity contribution in [3.63, 3.8) is 0 Å². The molecule has 2 aromatic heterocycles. The van der Waals surface area contributed by atoms with Gasteiger partial charge in [0.2, 0.25) is 5.95 Å². The normalized spacial score (nSPS) is 11.9. The van der Waals surface area contributed by atoms with Gasteiger partial charge in [0.25, 0.3) is 5.69 Å². The molecule has 0 saturated heterocycles. The number of aliphatic hydroxyl groups excluding tert-OH is 1. The van der Waals surface area contributed by atoms with Crippen molar-refractivity contribution in [2.45, 2.75) is 19.9 Å². The van der Waals surface area contributed by atoms with Crippen LogP contribution in [0.1, 0.15) is 13.8 Å². The summed E-state index contributed by atoms with van der Waals surface area (Å²) in [5.41, 5.74) is 2.21. The van der Waals surface area contributed by atoms with E-state index in [4.69, 9.17) is 0 Å². The zero-order valence-electron chi connectivity index (χ0n) is 16.1. The Labute approximate surface area is 168 Å². The van der Waals surface area contributed by atoms with Gasteiger partial charge in [-0.3, -0.25) is 15.1 Å². The van der Waals surface area contributed by atoms with Crippen LogP contribution in [-0.4, -0.2) is 37.6 Å². The van der Waals surface area contributed by atoms with E-state index in [2.05, 4.69) is 25.6 Å². The molecule has 0 aliphatic carbocycles. The molecule has 0 bridgehead atoms. The van der Waals surface area contributed by atoms with Crippen LogP contribution in [0.3, 0.4) is 0 Å². The van der Waals surface area contributed by atoms with Gasteiger partial charge >= 0.3 is 0 Å². The zero-order chi connectivity index (χ0) is 20.8. The summed E-state index contributed by atoms with van der Waals surface area (Å²) < 4.78 is 0. The number of nitrogens with one attached hydrogen (secondary N) is 2. The molecule has 150 valence electrons. The Hall–Kier alpha value is -3.59. The lowest BCUT2D eigenvalue weighted by Crippen LogP contribution is -2.30. The summed E-state index contributed by atoms with van der Waals surface area (Å²) in [4.78, 5) is 23.5. The lowest BCUT2D eigenvalue weighted by Gasteiger charge is -2.20. The summed E-state index contributed by atoms with van der Waals surface area (Å²) in [6, 6.07) is 11.3. The molecule has 0 fully saturated rings. The van der Waals surface area contributed by atoms with Crippen molar-refractivity contribution in [2.75, 3.05) is 17.2 Å². The summed E-state index contributed by atoms with van der Waals surface area (Å²) >= 11 is 0. The fourth-order valence-corrected chi connectivity index (χ4v) is 2.65. The Morgan fingerprint density at radius 3 is 2.38 bits per heavy atom. The van der Waals surface area contributed by atoms with E-state index in [0.717, 1.165) is 5.56 Å². The molecule has 0 aliphatic heterocycles. The smallest absolute Gasteiger partial charge is 0.269 e. The van der Waals surface area contributed by atoms with Crippen LogP contribution >= 0.6 is 0 Å². The molecule has 3 N–H and O–H groups in total. The van der Waals surface area contributed by atoms with E-state index in [1.807, 2.05) is 26.0 Å². The van der Waals surface area contributed by atoms with Crippen molar-refractivity contribution in [3.8, 4) is 11.3 Å². The monoisotopic (exact) mass is 394 g/mol. The van der Waals surface area contributed by atoms with Crippen LogP contribution in [0.25, 0.3) is 11.3 Å². The minimum Gasteiger partial charge on any atom is -0.394 e. The quantitative estimate of drug-likeness (QED) is 0.391. The standard InChI is InChI=1S/C20H22N6O3/c1-13(2)18(12-27)24-20-23-17(14-7-9-21-10-8-14)11-19(25-20)22-15-3-5-16(6-4-15)26(28)29/h3-11,13,18,27H,12H2,1-2H3,(H2,22,23,24,25)/t18-/m1/s1. The first kappa shape index (κ1) is 20.2. The molecule has 9 nitrogen and oxygen atoms in total. The van der Waals surface area contributed by atoms with Crippen LogP contribution in [-0.2, 0) is 0 Å². The van der Waals surface area contributed by atoms with Crippen LogP contribution in [0.4, 0.5) is 23.1 Å². The first-order chi connectivity index (χ1) is 14.0. The van der Waals surface area contributed by atoms with E-state index in [1.54, 1.807) is 30.6 Å². The minimum atomic E-state index is -0.445. The average Bonchev–Trinajstić information content (AvgIpc) is 2.72. The van der Waals surface area contributed by atoms with Crippen LogP contribution in [0.2, 0.25) is 0 Å². The van der Waals surface area contributed by atoms with Crippen molar-refractivity contribution < 1.29 is 10.0 Å². The van der Waals surface area contributed by atoms with Crippen molar-refractivity contribution in [3.05, 3.63) is 65.0 Å². The van der Waals surface area contributed by atoms with Gasteiger partial charge in [-0.1, -0.05) is 13.8 Å². The van der Waals surface area contributed by atoms with E-state index in [1.165, 1.54) is 12.1 Å². The number of benzene rings is 1. The third kappa shape index (κ3) is 5.23. The second-order valence-corrected chi connectivity index (χ2v) is 6.80. The van der Waals surface area contributed by atoms with Gasteiger partial charge in [-0.05, 0) is 30.2 Å². The topological polar surface area (TPSA) is 126 Å². The fraction of sp³-hybridized carbons (Fsp3) is 0.250. The molecule has 0 radical (unpaired) electrons. The van der Waals surface area contributed by atoms with E-state index < -0.39 is 4.92 Å². The molecular weight excluding hydrogens is 372 g/mol. The number of nitrogens with zero attached hydrogens (tertiary/aromatic N) is 4. The van der Waals surface area contributed by atoms with E-state index in [0.29, 0.717) is 23.1 Å². The molecule has 2 heterocycles. The molecule has 0 saturated carbocycles. The highest BCUT2D eigenvalue weighted by atomic mass is 16.6. The number of non-ortho nitro benzene ring substituents is 1. The number of nitro groups is 1. The molecule has 3 rings (SSSR count). The Balaban J connectivity index is 1.94. The first-order valence-electron chi connectivity index (χ1n) is 9.14. The largest absolute Gasteiger partial charge is 0.394 e. The molecule has 0 unspecified atom stereocenters. The maximum absolute atomic E-state index is 10.8. The Bertz CT molecular complexity index is 964.